The zero-order chi connectivity index (χ0) is 12.1. The van der Waals surface area contributed by atoms with E-state index in [1.165, 1.54) is 6.21 Å². The van der Waals surface area contributed by atoms with E-state index in [1.54, 1.807) is 30.5 Å². The first-order valence-corrected chi connectivity index (χ1v) is 5.55. The van der Waals surface area contributed by atoms with Gasteiger partial charge in [0, 0.05) is 6.20 Å². The third-order valence-corrected chi connectivity index (χ3v) is 2.27. The minimum atomic E-state index is -0.414. The topological polar surface area (TPSA) is 67.5 Å². The third kappa shape index (κ3) is 3.25. The fourth-order valence-corrected chi connectivity index (χ4v) is 1.41. The summed E-state index contributed by atoms with van der Waals surface area (Å²) in [7, 11) is 0. The number of nitrogens with one attached hydrogen (secondary N) is 1. The number of amides is 1. The zero-order valence-electron chi connectivity index (χ0n) is 8.63. The van der Waals surface area contributed by atoms with Crippen LogP contribution in [0.5, 0.6) is 0 Å². The average molecular weight is 294 g/mol. The van der Waals surface area contributed by atoms with Crippen LogP contribution in [0.3, 0.4) is 0 Å². The first-order valence-electron chi connectivity index (χ1n) is 4.75. The van der Waals surface area contributed by atoms with Crippen molar-refractivity contribution in [2.75, 3.05) is 0 Å². The normalized spacial score (nSPS) is 10.6. The Labute approximate surface area is 106 Å². The van der Waals surface area contributed by atoms with E-state index in [-0.39, 0.29) is 5.76 Å². The number of rotatable bonds is 3. The van der Waals surface area contributed by atoms with Gasteiger partial charge in [-0.1, -0.05) is 6.07 Å². The molecule has 17 heavy (non-hydrogen) atoms. The van der Waals surface area contributed by atoms with Crippen LogP contribution in [0.25, 0.3) is 0 Å². The molecule has 6 heteroatoms. The van der Waals surface area contributed by atoms with E-state index >= 15 is 0 Å². The molecule has 0 saturated heterocycles. The first-order chi connectivity index (χ1) is 8.25. The molecule has 2 aromatic rings. The van der Waals surface area contributed by atoms with Crippen molar-refractivity contribution in [3.8, 4) is 0 Å². The second-order valence-electron chi connectivity index (χ2n) is 3.06. The second kappa shape index (κ2) is 5.40. The van der Waals surface area contributed by atoms with Crippen LogP contribution in [0.2, 0.25) is 0 Å². The Kier molecular flexibility index (Phi) is 3.66. The van der Waals surface area contributed by atoms with E-state index in [4.69, 9.17) is 4.42 Å². The van der Waals surface area contributed by atoms with Crippen molar-refractivity contribution in [1.29, 1.82) is 0 Å². The van der Waals surface area contributed by atoms with Gasteiger partial charge in [0.2, 0.25) is 0 Å². The van der Waals surface area contributed by atoms with Crippen LogP contribution in [0, 0.1) is 0 Å². The molecule has 0 spiro atoms. The van der Waals surface area contributed by atoms with E-state index in [0.29, 0.717) is 10.4 Å². The van der Waals surface area contributed by atoms with E-state index < -0.39 is 5.91 Å². The maximum absolute atomic E-state index is 11.5. The Hall–Kier alpha value is -1.95. The number of furan rings is 1. The number of halogens is 1. The lowest BCUT2D eigenvalue weighted by atomic mass is 10.4. The Bertz CT molecular complexity index is 537. The first kappa shape index (κ1) is 11.5. The monoisotopic (exact) mass is 293 g/mol. The summed E-state index contributed by atoms with van der Waals surface area (Å²) < 4.78 is 5.56. The summed E-state index contributed by atoms with van der Waals surface area (Å²) in [5.41, 5.74) is 3.00. The number of pyridine rings is 1. The lowest BCUT2D eigenvalue weighted by molar-refractivity contribution is 0.0926. The van der Waals surface area contributed by atoms with Crippen molar-refractivity contribution in [2.45, 2.75) is 0 Å². The van der Waals surface area contributed by atoms with Crippen molar-refractivity contribution in [3.63, 3.8) is 0 Å². The summed E-state index contributed by atoms with van der Waals surface area (Å²) in [5, 5.41) is 3.76. The van der Waals surface area contributed by atoms with Gasteiger partial charge in [-0.3, -0.25) is 9.78 Å². The molecule has 2 aromatic heterocycles. The highest BCUT2D eigenvalue weighted by Gasteiger charge is 2.08. The van der Waals surface area contributed by atoms with Crippen LogP contribution in [0.4, 0.5) is 0 Å². The van der Waals surface area contributed by atoms with E-state index in [9.17, 15) is 4.79 Å². The predicted molar refractivity (Wildman–Crippen MR) is 65.7 cm³/mol. The molecular weight excluding hydrogens is 286 g/mol. The summed E-state index contributed by atoms with van der Waals surface area (Å²) in [5.74, 6) is -0.224. The Morgan fingerprint density at radius 1 is 1.41 bits per heavy atom. The van der Waals surface area contributed by atoms with Crippen LogP contribution in [-0.2, 0) is 0 Å². The summed E-state index contributed by atoms with van der Waals surface area (Å²) in [6, 6.07) is 8.60. The van der Waals surface area contributed by atoms with E-state index in [2.05, 4.69) is 31.4 Å². The van der Waals surface area contributed by atoms with Gasteiger partial charge >= 0.3 is 5.91 Å². The fraction of sp³-hybridized carbons (Fsp3) is 0. The summed E-state index contributed by atoms with van der Waals surface area (Å²) in [4.78, 5) is 15.5. The number of carbonyl (C=O) groups excluding carboxylic acids is 1. The highest BCUT2D eigenvalue weighted by molar-refractivity contribution is 9.10. The van der Waals surface area contributed by atoms with Gasteiger partial charge in [0.15, 0.2) is 10.4 Å². The maximum atomic E-state index is 11.5. The molecule has 1 N–H and O–H groups in total. The van der Waals surface area contributed by atoms with Crippen LogP contribution in [0.1, 0.15) is 16.2 Å². The molecule has 86 valence electrons. The average Bonchev–Trinajstić information content (AvgIpc) is 2.77. The molecule has 0 saturated carbocycles. The lowest BCUT2D eigenvalue weighted by Crippen LogP contribution is -2.16. The molecule has 0 fully saturated rings. The van der Waals surface area contributed by atoms with Gasteiger partial charge in [-0.15, -0.1) is 0 Å². The standard InChI is InChI=1S/C11H8BrN3O2/c12-10-5-4-9(17-10)11(16)15-14-7-8-3-1-2-6-13-8/h1-7H,(H,15,16). The predicted octanol–water partition coefficient (Wildman–Crippen LogP) is 2.20. The van der Waals surface area contributed by atoms with Crippen molar-refractivity contribution in [3.05, 3.63) is 52.7 Å². The molecule has 5 nitrogen and oxygen atoms in total. The number of hydrogen-bond donors (Lipinski definition) is 1. The van der Waals surface area contributed by atoms with Crippen molar-refractivity contribution < 1.29 is 9.21 Å². The van der Waals surface area contributed by atoms with Crippen molar-refractivity contribution >= 4 is 28.1 Å². The van der Waals surface area contributed by atoms with Gasteiger partial charge in [0.05, 0.1) is 11.9 Å². The second-order valence-corrected chi connectivity index (χ2v) is 3.84. The molecule has 0 bridgehead atoms. The maximum Gasteiger partial charge on any atom is 0.307 e. The molecule has 2 rings (SSSR count). The minimum absolute atomic E-state index is 0.190. The summed E-state index contributed by atoms with van der Waals surface area (Å²) >= 11 is 3.11. The number of nitrogens with zero attached hydrogens (tertiary/aromatic N) is 2. The molecule has 0 aliphatic heterocycles. The van der Waals surface area contributed by atoms with Crippen molar-refractivity contribution in [2.24, 2.45) is 5.10 Å². The molecular formula is C11H8BrN3O2. The number of hydrogen-bond acceptors (Lipinski definition) is 4. The van der Waals surface area contributed by atoms with Gasteiger partial charge in [-0.25, -0.2) is 5.43 Å². The van der Waals surface area contributed by atoms with Crippen molar-refractivity contribution in [1.82, 2.24) is 10.4 Å². The molecule has 1 amide bonds. The highest BCUT2D eigenvalue weighted by Crippen LogP contribution is 2.13. The Morgan fingerprint density at radius 2 is 2.29 bits per heavy atom. The number of hydrazone groups is 1. The largest absolute Gasteiger partial charge is 0.444 e. The number of aromatic nitrogens is 1. The van der Waals surface area contributed by atoms with Gasteiger partial charge in [-0.05, 0) is 40.2 Å². The molecule has 0 aromatic carbocycles. The molecule has 0 radical (unpaired) electrons. The van der Waals surface area contributed by atoms with Crippen LogP contribution >= 0.6 is 15.9 Å². The van der Waals surface area contributed by atoms with Gasteiger partial charge < -0.3 is 4.42 Å². The van der Waals surface area contributed by atoms with Gasteiger partial charge in [0.1, 0.15) is 0 Å². The summed E-state index contributed by atoms with van der Waals surface area (Å²) in [6.45, 7) is 0. The van der Waals surface area contributed by atoms with Crippen LogP contribution in [0.15, 0.2) is 50.7 Å². The minimum Gasteiger partial charge on any atom is -0.444 e. The Morgan fingerprint density at radius 3 is 2.94 bits per heavy atom. The lowest BCUT2D eigenvalue weighted by Gasteiger charge is -1.94. The molecule has 0 unspecified atom stereocenters. The highest BCUT2D eigenvalue weighted by atomic mass is 79.9. The molecule has 2 heterocycles. The third-order valence-electron chi connectivity index (χ3n) is 1.85. The molecule has 0 aliphatic carbocycles. The zero-order valence-corrected chi connectivity index (χ0v) is 10.2. The van der Waals surface area contributed by atoms with Crippen LogP contribution < -0.4 is 5.43 Å². The SMILES string of the molecule is O=C(NN=Cc1ccccn1)c1ccc(Br)o1. The van der Waals surface area contributed by atoms with E-state index in [0.717, 1.165) is 0 Å². The molecule has 0 aliphatic rings. The quantitative estimate of drug-likeness (QED) is 0.697. The number of carbonyl (C=O) groups is 1. The smallest absolute Gasteiger partial charge is 0.307 e. The molecule has 0 atom stereocenters. The fourth-order valence-electron chi connectivity index (χ4n) is 1.10. The Balaban J connectivity index is 1.95. The van der Waals surface area contributed by atoms with Crippen LogP contribution in [-0.4, -0.2) is 17.1 Å². The van der Waals surface area contributed by atoms with Gasteiger partial charge in [0.25, 0.3) is 0 Å². The van der Waals surface area contributed by atoms with E-state index in [1.807, 2.05) is 6.07 Å². The van der Waals surface area contributed by atoms with Gasteiger partial charge in [-0.2, -0.15) is 5.10 Å². The summed E-state index contributed by atoms with van der Waals surface area (Å²) in [6.07, 6.45) is 3.10.